The van der Waals surface area contributed by atoms with Gasteiger partial charge in [-0.25, -0.2) is 4.79 Å². The molecule has 0 bridgehead atoms. The molecule has 0 N–H and O–H groups in total. The lowest BCUT2D eigenvalue weighted by atomic mass is 9.95. The van der Waals surface area contributed by atoms with Crippen molar-refractivity contribution < 1.29 is 14.3 Å². The molecule has 4 rings (SSSR count). The van der Waals surface area contributed by atoms with Crippen LogP contribution in [0.5, 0.6) is 0 Å². The predicted molar refractivity (Wildman–Crippen MR) is 111 cm³/mol. The van der Waals surface area contributed by atoms with Gasteiger partial charge in [0.2, 0.25) is 5.91 Å². The number of amides is 2. The molecule has 30 heavy (non-hydrogen) atoms. The van der Waals surface area contributed by atoms with Crippen LogP contribution < -0.4 is 0 Å². The molecule has 2 atom stereocenters. The van der Waals surface area contributed by atoms with E-state index >= 15 is 0 Å². The quantitative estimate of drug-likeness (QED) is 0.730. The summed E-state index contributed by atoms with van der Waals surface area (Å²) in [7, 11) is 0. The van der Waals surface area contributed by atoms with E-state index in [1.807, 2.05) is 34.2 Å². The molecule has 2 aromatic heterocycles. The summed E-state index contributed by atoms with van der Waals surface area (Å²) < 4.78 is 7.01. The first-order valence-electron chi connectivity index (χ1n) is 10.7. The molecule has 2 aromatic rings. The molecule has 8 heteroatoms. The van der Waals surface area contributed by atoms with Gasteiger partial charge in [0.1, 0.15) is 13.2 Å². The van der Waals surface area contributed by atoms with Crippen molar-refractivity contribution >= 4 is 12.0 Å². The standard InChI is InChI=1S/C22H29N5O3/c1-3-16(2)20-15-30-22(29)27(20)18-6-10-25(11-7-18)21(28)14-26-12-8-19(24-26)17-5-4-9-23-13-17/h4-5,8-9,12-13,16,18,20H,3,6-7,10-11,14-15H2,1-2H3/t16-,20-/m0/s1. The average molecular weight is 412 g/mol. The number of likely N-dealkylation sites (tertiary alicyclic amines) is 1. The Bertz CT molecular complexity index is 876. The fourth-order valence-corrected chi connectivity index (χ4v) is 4.33. The molecule has 0 aliphatic carbocycles. The number of cyclic esters (lactones) is 1. The second kappa shape index (κ2) is 8.85. The molecular formula is C22H29N5O3. The van der Waals surface area contributed by atoms with Gasteiger partial charge < -0.3 is 9.64 Å². The van der Waals surface area contributed by atoms with Crippen LogP contribution in [0.25, 0.3) is 11.3 Å². The lowest BCUT2D eigenvalue weighted by Gasteiger charge is -2.39. The van der Waals surface area contributed by atoms with Crippen LogP contribution in [-0.2, 0) is 16.1 Å². The van der Waals surface area contributed by atoms with Gasteiger partial charge in [0.15, 0.2) is 0 Å². The molecule has 4 heterocycles. The van der Waals surface area contributed by atoms with Crippen LogP contribution in [0.2, 0.25) is 0 Å². The minimum absolute atomic E-state index is 0.0526. The number of carbonyl (C=O) groups is 2. The molecule has 0 aromatic carbocycles. The molecule has 2 aliphatic rings. The van der Waals surface area contributed by atoms with Gasteiger partial charge in [-0.15, -0.1) is 0 Å². The summed E-state index contributed by atoms with van der Waals surface area (Å²) in [6.45, 7) is 6.30. The van der Waals surface area contributed by atoms with Crippen molar-refractivity contribution in [2.45, 2.75) is 51.7 Å². The topological polar surface area (TPSA) is 80.6 Å². The van der Waals surface area contributed by atoms with Gasteiger partial charge in [-0.3, -0.25) is 19.4 Å². The number of ether oxygens (including phenoxy) is 1. The highest BCUT2D eigenvalue weighted by Crippen LogP contribution is 2.28. The fourth-order valence-electron chi connectivity index (χ4n) is 4.33. The molecule has 2 saturated heterocycles. The predicted octanol–water partition coefficient (Wildman–Crippen LogP) is 2.80. The van der Waals surface area contributed by atoms with E-state index in [-0.39, 0.29) is 30.6 Å². The van der Waals surface area contributed by atoms with E-state index in [2.05, 4.69) is 23.9 Å². The summed E-state index contributed by atoms with van der Waals surface area (Å²) in [5.74, 6) is 0.460. The molecule has 0 saturated carbocycles. The minimum atomic E-state index is -0.204. The zero-order valence-electron chi connectivity index (χ0n) is 17.6. The van der Waals surface area contributed by atoms with Crippen LogP contribution in [-0.4, -0.2) is 68.3 Å². The summed E-state index contributed by atoms with van der Waals surface area (Å²) in [4.78, 5) is 33.0. The zero-order valence-corrected chi connectivity index (χ0v) is 17.6. The van der Waals surface area contributed by atoms with E-state index in [4.69, 9.17) is 4.74 Å². The Labute approximate surface area is 176 Å². The second-order valence-corrected chi connectivity index (χ2v) is 8.19. The number of hydrogen-bond donors (Lipinski definition) is 0. The van der Waals surface area contributed by atoms with Crippen molar-refractivity contribution in [2.75, 3.05) is 19.7 Å². The molecule has 160 valence electrons. The molecule has 2 aliphatic heterocycles. The number of piperidine rings is 1. The van der Waals surface area contributed by atoms with Crippen molar-refractivity contribution in [1.29, 1.82) is 0 Å². The fraction of sp³-hybridized carbons (Fsp3) is 0.545. The van der Waals surface area contributed by atoms with Gasteiger partial charge in [0, 0.05) is 43.3 Å². The Morgan fingerprint density at radius 3 is 2.80 bits per heavy atom. The normalized spacial score (nSPS) is 21.0. The Kier molecular flexibility index (Phi) is 6.01. The first-order chi connectivity index (χ1) is 14.6. The van der Waals surface area contributed by atoms with Gasteiger partial charge in [-0.05, 0) is 37.0 Å². The van der Waals surface area contributed by atoms with Crippen molar-refractivity contribution in [3.63, 3.8) is 0 Å². The van der Waals surface area contributed by atoms with E-state index in [1.165, 1.54) is 0 Å². The molecule has 0 unspecified atom stereocenters. The minimum Gasteiger partial charge on any atom is -0.447 e. The maximum absolute atomic E-state index is 12.8. The van der Waals surface area contributed by atoms with Crippen LogP contribution in [0.3, 0.4) is 0 Å². The lowest BCUT2D eigenvalue weighted by Crippen LogP contribution is -2.51. The Balaban J connectivity index is 1.33. The second-order valence-electron chi connectivity index (χ2n) is 8.19. The van der Waals surface area contributed by atoms with Gasteiger partial charge in [0.25, 0.3) is 0 Å². The van der Waals surface area contributed by atoms with Gasteiger partial charge in [-0.2, -0.15) is 5.10 Å². The smallest absolute Gasteiger partial charge is 0.410 e. The molecule has 2 amide bonds. The lowest BCUT2D eigenvalue weighted by molar-refractivity contribution is -0.133. The van der Waals surface area contributed by atoms with E-state index in [9.17, 15) is 9.59 Å². The van der Waals surface area contributed by atoms with Crippen LogP contribution in [0.15, 0.2) is 36.8 Å². The van der Waals surface area contributed by atoms with E-state index in [0.29, 0.717) is 25.6 Å². The third-order valence-corrected chi connectivity index (χ3v) is 6.35. The summed E-state index contributed by atoms with van der Waals surface area (Å²) in [5.41, 5.74) is 1.73. The number of aromatic nitrogens is 3. The van der Waals surface area contributed by atoms with E-state index in [1.54, 1.807) is 17.1 Å². The van der Waals surface area contributed by atoms with Gasteiger partial charge in [0.05, 0.1) is 11.7 Å². The maximum Gasteiger partial charge on any atom is 0.410 e. The number of carbonyl (C=O) groups excluding carboxylic acids is 2. The van der Waals surface area contributed by atoms with Crippen molar-refractivity contribution in [1.82, 2.24) is 24.6 Å². The monoisotopic (exact) mass is 411 g/mol. The maximum atomic E-state index is 12.8. The highest BCUT2D eigenvalue weighted by Gasteiger charge is 2.41. The summed E-state index contributed by atoms with van der Waals surface area (Å²) in [5, 5.41) is 4.50. The first kappa shape index (κ1) is 20.4. The zero-order chi connectivity index (χ0) is 21.1. The number of rotatable bonds is 6. The van der Waals surface area contributed by atoms with Crippen LogP contribution in [0.4, 0.5) is 4.79 Å². The summed E-state index contributed by atoms with van der Waals surface area (Å²) >= 11 is 0. The summed E-state index contributed by atoms with van der Waals surface area (Å²) in [6, 6.07) is 5.99. The van der Waals surface area contributed by atoms with Gasteiger partial charge in [-0.1, -0.05) is 20.3 Å². The number of hydrogen-bond acceptors (Lipinski definition) is 5. The van der Waals surface area contributed by atoms with Crippen LogP contribution in [0.1, 0.15) is 33.1 Å². The average Bonchev–Trinajstić information content (AvgIpc) is 3.40. The van der Waals surface area contributed by atoms with Crippen molar-refractivity contribution in [3.05, 3.63) is 36.8 Å². The highest BCUT2D eigenvalue weighted by molar-refractivity contribution is 5.76. The SMILES string of the molecule is CC[C@H](C)[C@@H]1COC(=O)N1C1CCN(C(=O)Cn2ccc(-c3cccnc3)n2)CC1. The van der Waals surface area contributed by atoms with E-state index in [0.717, 1.165) is 30.5 Å². The third-order valence-electron chi connectivity index (χ3n) is 6.35. The Morgan fingerprint density at radius 2 is 2.10 bits per heavy atom. The molecule has 0 spiro atoms. The van der Waals surface area contributed by atoms with Gasteiger partial charge >= 0.3 is 6.09 Å². The molecule has 8 nitrogen and oxygen atoms in total. The van der Waals surface area contributed by atoms with E-state index < -0.39 is 0 Å². The molecular weight excluding hydrogens is 382 g/mol. The molecule has 0 radical (unpaired) electrons. The Morgan fingerprint density at radius 1 is 1.30 bits per heavy atom. The number of nitrogens with zero attached hydrogens (tertiary/aromatic N) is 5. The van der Waals surface area contributed by atoms with Crippen molar-refractivity contribution in [2.24, 2.45) is 5.92 Å². The van der Waals surface area contributed by atoms with Crippen LogP contribution >= 0.6 is 0 Å². The first-order valence-corrected chi connectivity index (χ1v) is 10.7. The molecule has 2 fully saturated rings. The summed E-state index contributed by atoms with van der Waals surface area (Å²) in [6.07, 6.45) is 7.69. The highest BCUT2D eigenvalue weighted by atomic mass is 16.6. The van der Waals surface area contributed by atoms with Crippen LogP contribution in [0, 0.1) is 5.92 Å². The largest absolute Gasteiger partial charge is 0.447 e. The van der Waals surface area contributed by atoms with Crippen molar-refractivity contribution in [3.8, 4) is 11.3 Å². The third kappa shape index (κ3) is 4.17. The Hall–Kier alpha value is -2.90. The number of pyridine rings is 1.